The maximum absolute atomic E-state index is 12.4. The maximum Gasteiger partial charge on any atom is 0.309 e. The number of aryl methyl sites for hydroxylation is 2. The van der Waals surface area contributed by atoms with Crippen LogP contribution in [-0.2, 0) is 16.1 Å². The van der Waals surface area contributed by atoms with Crippen LogP contribution >= 0.6 is 11.6 Å². The molecule has 28 heavy (non-hydrogen) atoms. The fourth-order valence-corrected chi connectivity index (χ4v) is 3.00. The van der Waals surface area contributed by atoms with Crippen LogP contribution in [0.2, 0.25) is 5.02 Å². The van der Waals surface area contributed by atoms with Crippen LogP contribution in [0.15, 0.2) is 55.1 Å². The highest BCUT2D eigenvalue weighted by Crippen LogP contribution is 2.22. The van der Waals surface area contributed by atoms with E-state index in [-0.39, 0.29) is 19.0 Å². The van der Waals surface area contributed by atoms with Crippen LogP contribution in [-0.4, -0.2) is 27.3 Å². The Morgan fingerprint density at radius 1 is 1.14 bits per heavy atom. The predicted molar refractivity (Wildman–Crippen MR) is 106 cm³/mol. The molecular formula is C21H22ClN3O3. The molecule has 0 aliphatic carbocycles. The monoisotopic (exact) mass is 399 g/mol. The summed E-state index contributed by atoms with van der Waals surface area (Å²) in [5.41, 5.74) is 3.07. The van der Waals surface area contributed by atoms with Crippen molar-refractivity contribution in [1.82, 2.24) is 14.8 Å². The van der Waals surface area contributed by atoms with E-state index in [9.17, 15) is 4.79 Å². The summed E-state index contributed by atoms with van der Waals surface area (Å²) < 4.78 is 13.0. The van der Waals surface area contributed by atoms with Crippen LogP contribution in [0.4, 0.5) is 0 Å². The second kappa shape index (κ2) is 9.37. The van der Waals surface area contributed by atoms with Crippen molar-refractivity contribution in [3.05, 3.63) is 76.8 Å². The lowest BCUT2D eigenvalue weighted by atomic mass is 10.1. The summed E-state index contributed by atoms with van der Waals surface area (Å²) in [6, 6.07) is 13.2. The van der Waals surface area contributed by atoms with Gasteiger partial charge in [-0.3, -0.25) is 4.79 Å². The Hall–Kier alpha value is -2.86. The molecule has 1 atom stereocenters. The highest BCUT2D eigenvalue weighted by atomic mass is 35.5. The number of aromatic nitrogens is 3. The van der Waals surface area contributed by atoms with Crippen molar-refractivity contribution in [2.75, 3.05) is 6.61 Å². The van der Waals surface area contributed by atoms with E-state index in [4.69, 9.17) is 21.1 Å². The lowest BCUT2D eigenvalue weighted by molar-refractivity contribution is -0.150. The fraction of sp³-hybridized carbons (Fsp3) is 0.286. The van der Waals surface area contributed by atoms with Gasteiger partial charge in [0.1, 0.15) is 24.5 Å². The Balaban J connectivity index is 1.59. The van der Waals surface area contributed by atoms with Crippen molar-refractivity contribution in [2.45, 2.75) is 32.9 Å². The fourth-order valence-electron chi connectivity index (χ4n) is 2.87. The van der Waals surface area contributed by atoms with Gasteiger partial charge in [-0.05, 0) is 54.8 Å². The zero-order valence-electron chi connectivity index (χ0n) is 15.8. The molecule has 0 aliphatic rings. The van der Waals surface area contributed by atoms with Gasteiger partial charge >= 0.3 is 5.97 Å². The molecule has 0 fully saturated rings. The summed E-state index contributed by atoms with van der Waals surface area (Å²) in [6.07, 6.45) is 2.68. The Morgan fingerprint density at radius 2 is 1.86 bits per heavy atom. The molecule has 0 aliphatic heterocycles. The molecule has 146 valence electrons. The second-order valence-electron chi connectivity index (χ2n) is 6.57. The van der Waals surface area contributed by atoms with Crippen LogP contribution in [0.5, 0.6) is 5.75 Å². The van der Waals surface area contributed by atoms with Crippen LogP contribution < -0.4 is 4.74 Å². The van der Waals surface area contributed by atoms with Gasteiger partial charge in [-0.25, -0.2) is 9.67 Å². The average molecular weight is 400 g/mol. The highest BCUT2D eigenvalue weighted by Gasteiger charge is 2.18. The minimum Gasteiger partial charge on any atom is -0.493 e. The normalized spacial score (nSPS) is 11.8. The number of hydrogen-bond donors (Lipinski definition) is 0. The first kappa shape index (κ1) is 19.9. The number of ether oxygens (including phenoxy) is 2. The number of carbonyl (C=O) groups is 1. The molecule has 1 unspecified atom stereocenters. The van der Waals surface area contributed by atoms with E-state index in [2.05, 4.69) is 16.1 Å². The third kappa shape index (κ3) is 5.82. The SMILES string of the molecule is Cc1cc(C)cc(OCCC(=O)OC(Cn2cncn2)c2ccc(Cl)cc2)c1. The van der Waals surface area contributed by atoms with Crippen molar-refractivity contribution >= 4 is 17.6 Å². The first-order chi connectivity index (χ1) is 13.5. The number of esters is 1. The number of nitrogens with zero attached hydrogens (tertiary/aromatic N) is 3. The molecule has 0 spiro atoms. The minimum atomic E-state index is -0.493. The van der Waals surface area contributed by atoms with E-state index in [0.717, 1.165) is 22.4 Å². The number of benzene rings is 2. The molecule has 3 aromatic rings. The van der Waals surface area contributed by atoms with Gasteiger partial charge in [0.25, 0.3) is 0 Å². The van der Waals surface area contributed by atoms with Crippen LogP contribution in [0.25, 0.3) is 0 Å². The van der Waals surface area contributed by atoms with Gasteiger partial charge in [0, 0.05) is 5.02 Å². The van der Waals surface area contributed by atoms with Gasteiger partial charge in [0.05, 0.1) is 19.6 Å². The lowest BCUT2D eigenvalue weighted by Gasteiger charge is -2.18. The van der Waals surface area contributed by atoms with E-state index < -0.39 is 6.10 Å². The van der Waals surface area contributed by atoms with Crippen LogP contribution in [0.1, 0.15) is 29.2 Å². The van der Waals surface area contributed by atoms with Gasteiger partial charge < -0.3 is 9.47 Å². The third-order valence-corrected chi connectivity index (χ3v) is 4.36. The van der Waals surface area contributed by atoms with E-state index in [1.807, 2.05) is 38.1 Å². The van der Waals surface area contributed by atoms with E-state index in [0.29, 0.717) is 11.6 Å². The van der Waals surface area contributed by atoms with Crippen molar-refractivity contribution < 1.29 is 14.3 Å². The first-order valence-corrected chi connectivity index (χ1v) is 9.36. The molecule has 0 N–H and O–H groups in total. The van der Waals surface area contributed by atoms with Gasteiger partial charge in [-0.15, -0.1) is 0 Å². The van der Waals surface area contributed by atoms with E-state index in [1.54, 1.807) is 23.1 Å². The molecule has 1 aromatic heterocycles. The molecule has 0 amide bonds. The molecule has 0 saturated heterocycles. The zero-order chi connectivity index (χ0) is 19.9. The Morgan fingerprint density at radius 3 is 2.50 bits per heavy atom. The standard InChI is InChI=1S/C21H22ClN3O3/c1-15-9-16(2)11-19(10-15)27-8-7-21(26)28-20(12-25-14-23-13-24-25)17-3-5-18(22)6-4-17/h3-6,9-11,13-14,20H,7-8,12H2,1-2H3. The second-order valence-corrected chi connectivity index (χ2v) is 7.01. The number of halogens is 1. The Kier molecular flexibility index (Phi) is 6.66. The van der Waals surface area contributed by atoms with Crippen LogP contribution in [0.3, 0.4) is 0 Å². The molecule has 2 aromatic carbocycles. The van der Waals surface area contributed by atoms with Crippen molar-refractivity contribution in [2.24, 2.45) is 0 Å². The summed E-state index contributed by atoms with van der Waals surface area (Å²) in [5.74, 6) is 0.409. The number of hydrogen-bond acceptors (Lipinski definition) is 5. The maximum atomic E-state index is 12.4. The summed E-state index contributed by atoms with van der Waals surface area (Å²) >= 11 is 5.96. The molecule has 3 rings (SSSR count). The van der Waals surface area contributed by atoms with Crippen LogP contribution in [0, 0.1) is 13.8 Å². The average Bonchev–Trinajstić information content (AvgIpc) is 3.14. The highest BCUT2D eigenvalue weighted by molar-refractivity contribution is 6.30. The van der Waals surface area contributed by atoms with Gasteiger partial charge in [0.15, 0.2) is 0 Å². The summed E-state index contributed by atoms with van der Waals surface area (Å²) in [4.78, 5) is 16.3. The van der Waals surface area contributed by atoms with Gasteiger partial charge in [0.2, 0.25) is 0 Å². The Labute approximate surface area is 169 Å². The molecule has 0 bridgehead atoms. The zero-order valence-corrected chi connectivity index (χ0v) is 16.6. The van der Waals surface area contributed by atoms with E-state index in [1.165, 1.54) is 6.33 Å². The summed E-state index contributed by atoms with van der Waals surface area (Å²) in [7, 11) is 0. The minimum absolute atomic E-state index is 0.147. The molecular weight excluding hydrogens is 378 g/mol. The third-order valence-electron chi connectivity index (χ3n) is 4.11. The molecule has 0 radical (unpaired) electrons. The van der Waals surface area contributed by atoms with Gasteiger partial charge in [-0.1, -0.05) is 29.8 Å². The Bertz CT molecular complexity index is 891. The van der Waals surface area contributed by atoms with E-state index >= 15 is 0 Å². The molecule has 6 nitrogen and oxygen atoms in total. The number of rotatable bonds is 8. The summed E-state index contributed by atoms with van der Waals surface area (Å²) in [6.45, 7) is 4.63. The van der Waals surface area contributed by atoms with Crippen molar-refractivity contribution in [3.63, 3.8) is 0 Å². The topological polar surface area (TPSA) is 66.2 Å². The predicted octanol–water partition coefficient (Wildman–Crippen LogP) is 4.30. The lowest BCUT2D eigenvalue weighted by Crippen LogP contribution is -2.19. The smallest absolute Gasteiger partial charge is 0.309 e. The van der Waals surface area contributed by atoms with Crippen molar-refractivity contribution in [1.29, 1.82) is 0 Å². The molecule has 1 heterocycles. The van der Waals surface area contributed by atoms with Crippen molar-refractivity contribution in [3.8, 4) is 5.75 Å². The quantitative estimate of drug-likeness (QED) is 0.528. The number of carbonyl (C=O) groups excluding carboxylic acids is 1. The molecule has 0 saturated carbocycles. The first-order valence-electron chi connectivity index (χ1n) is 8.98. The molecule has 7 heteroatoms. The summed E-state index contributed by atoms with van der Waals surface area (Å²) in [5, 5.41) is 4.71. The van der Waals surface area contributed by atoms with Gasteiger partial charge in [-0.2, -0.15) is 5.10 Å². The largest absolute Gasteiger partial charge is 0.493 e.